The van der Waals surface area contributed by atoms with Crippen LogP contribution in [0, 0.1) is 0 Å². The Hall–Kier alpha value is -2.97. The van der Waals surface area contributed by atoms with Gasteiger partial charge in [-0.25, -0.2) is 4.79 Å². The number of nitrogens with zero attached hydrogens (tertiary/aromatic N) is 3. The normalized spacial score (nSPS) is 17.2. The lowest BCUT2D eigenvalue weighted by molar-refractivity contribution is -0.129. The topological polar surface area (TPSA) is 126 Å². The number of carbonyl (C=O) groups is 5. The van der Waals surface area contributed by atoms with Crippen LogP contribution in [0.15, 0.2) is 36.4 Å². The van der Waals surface area contributed by atoms with Crippen LogP contribution in [0.1, 0.15) is 35.9 Å². The van der Waals surface area contributed by atoms with Crippen LogP contribution in [0.25, 0.3) is 0 Å². The summed E-state index contributed by atoms with van der Waals surface area (Å²) in [6, 6.07) is 10.1. The third-order valence-corrected chi connectivity index (χ3v) is 8.04. The van der Waals surface area contributed by atoms with Gasteiger partial charge in [-0.05, 0) is 61.2 Å². The van der Waals surface area contributed by atoms with Crippen molar-refractivity contribution in [1.82, 2.24) is 9.62 Å². The number of nitrogens with one attached hydrogen (secondary N) is 1. The van der Waals surface area contributed by atoms with Crippen molar-refractivity contribution in [3.05, 3.63) is 45.6 Å². The first-order chi connectivity index (χ1) is 19.2. The molecular weight excluding hydrogens is 580 g/mol. The zero-order valence-corrected chi connectivity index (χ0v) is 24.2. The van der Waals surface area contributed by atoms with E-state index < -0.39 is 18.1 Å². The number of cyclic esters (lactones) is 1. The Morgan fingerprint density at radius 2 is 1.82 bits per heavy atom. The molecule has 0 spiro atoms. The van der Waals surface area contributed by atoms with Crippen molar-refractivity contribution in [2.45, 2.75) is 32.3 Å². The standard InChI is InChI=1S/C26H29ClN4O7S2/c1-17(32)40-28-11-3-2-4-23(33)31(25(35)21-9-10-22(27)39-21)15-20-14-30(26(36)38-20)19-7-5-18(6-8-19)29-12-13-37-16-24(29)34/h5-10,20,28H,2-4,11-16H2,1H3/t20-/m1/s1. The second-order valence-corrected chi connectivity index (χ2v) is 11.9. The minimum Gasteiger partial charge on any atom is -0.442 e. The fourth-order valence-electron chi connectivity index (χ4n) is 4.26. The second-order valence-electron chi connectivity index (χ2n) is 9.09. The van der Waals surface area contributed by atoms with Crippen LogP contribution in [-0.4, -0.2) is 79.3 Å². The lowest BCUT2D eigenvalue weighted by Crippen LogP contribution is -2.43. The Balaban J connectivity index is 1.39. The first kappa shape index (κ1) is 30.0. The molecule has 14 heteroatoms. The fraction of sp³-hybridized carbons (Fsp3) is 0.423. The van der Waals surface area contributed by atoms with E-state index in [1.54, 1.807) is 41.3 Å². The molecule has 2 fully saturated rings. The fourth-order valence-corrected chi connectivity index (χ4v) is 5.70. The molecule has 3 heterocycles. The monoisotopic (exact) mass is 608 g/mol. The molecule has 1 aromatic carbocycles. The molecule has 4 amide bonds. The highest BCUT2D eigenvalue weighted by atomic mass is 35.5. The van der Waals surface area contributed by atoms with Gasteiger partial charge < -0.3 is 14.4 Å². The minimum absolute atomic E-state index is 0.0311. The number of carbonyl (C=O) groups excluding carboxylic acids is 5. The SMILES string of the molecule is CC(=O)SNCCCCC(=O)N(C[C@H]1CN(c2ccc(N3CCOCC3=O)cc2)C(=O)O1)C(=O)c1ccc(Cl)s1. The van der Waals surface area contributed by atoms with E-state index in [0.29, 0.717) is 53.1 Å². The molecule has 0 unspecified atom stereocenters. The van der Waals surface area contributed by atoms with Gasteiger partial charge in [0.2, 0.25) is 11.0 Å². The van der Waals surface area contributed by atoms with Gasteiger partial charge in [-0.2, -0.15) is 0 Å². The number of halogens is 1. The highest BCUT2D eigenvalue weighted by Gasteiger charge is 2.36. The molecule has 2 saturated heterocycles. The second kappa shape index (κ2) is 14.1. The van der Waals surface area contributed by atoms with Crippen LogP contribution >= 0.6 is 34.9 Å². The largest absolute Gasteiger partial charge is 0.442 e. The Morgan fingerprint density at radius 3 is 2.48 bits per heavy atom. The highest BCUT2D eigenvalue weighted by Crippen LogP contribution is 2.27. The number of ether oxygens (including phenoxy) is 2. The van der Waals surface area contributed by atoms with Gasteiger partial charge in [0.1, 0.15) is 12.7 Å². The zero-order valence-electron chi connectivity index (χ0n) is 21.8. The molecular formula is C26H29ClN4O7S2. The van der Waals surface area contributed by atoms with Crippen molar-refractivity contribution < 1.29 is 33.4 Å². The molecule has 2 aromatic rings. The van der Waals surface area contributed by atoms with E-state index in [9.17, 15) is 24.0 Å². The van der Waals surface area contributed by atoms with Crippen molar-refractivity contribution in [3.8, 4) is 0 Å². The van der Waals surface area contributed by atoms with E-state index in [1.807, 2.05) is 0 Å². The molecule has 0 aliphatic carbocycles. The van der Waals surface area contributed by atoms with Crippen LogP contribution < -0.4 is 14.5 Å². The van der Waals surface area contributed by atoms with Crippen LogP contribution in [0.3, 0.4) is 0 Å². The molecule has 40 heavy (non-hydrogen) atoms. The molecule has 214 valence electrons. The zero-order chi connectivity index (χ0) is 28.6. The molecule has 0 radical (unpaired) electrons. The van der Waals surface area contributed by atoms with Crippen molar-refractivity contribution in [2.75, 3.05) is 49.2 Å². The van der Waals surface area contributed by atoms with Crippen LogP contribution in [-0.2, 0) is 23.9 Å². The minimum atomic E-state index is -0.732. The number of hydrogen-bond acceptors (Lipinski definition) is 10. The maximum atomic E-state index is 13.3. The van der Waals surface area contributed by atoms with Crippen LogP contribution in [0.4, 0.5) is 16.2 Å². The van der Waals surface area contributed by atoms with Crippen LogP contribution in [0.2, 0.25) is 4.34 Å². The van der Waals surface area contributed by atoms with Gasteiger partial charge in [-0.15, -0.1) is 11.3 Å². The summed E-state index contributed by atoms with van der Waals surface area (Å²) >= 11 is 8.09. The average molecular weight is 609 g/mol. The maximum absolute atomic E-state index is 13.3. The lowest BCUT2D eigenvalue weighted by atomic mass is 10.2. The molecule has 4 rings (SSSR count). The predicted molar refractivity (Wildman–Crippen MR) is 153 cm³/mol. The number of hydrogen-bond donors (Lipinski definition) is 1. The number of morpholine rings is 1. The first-order valence-corrected chi connectivity index (χ1v) is 14.7. The molecule has 1 aromatic heterocycles. The first-order valence-electron chi connectivity index (χ1n) is 12.7. The third-order valence-electron chi connectivity index (χ3n) is 6.18. The number of amides is 4. The molecule has 2 aliphatic rings. The van der Waals surface area contributed by atoms with E-state index >= 15 is 0 Å². The summed E-state index contributed by atoms with van der Waals surface area (Å²) in [4.78, 5) is 66.7. The van der Waals surface area contributed by atoms with Crippen molar-refractivity contribution in [1.29, 1.82) is 0 Å². The Kier molecular flexibility index (Phi) is 10.6. The van der Waals surface area contributed by atoms with E-state index in [-0.39, 0.29) is 43.0 Å². The maximum Gasteiger partial charge on any atom is 0.414 e. The van der Waals surface area contributed by atoms with Crippen LogP contribution in [0.5, 0.6) is 0 Å². The average Bonchev–Trinajstić information content (AvgIpc) is 3.54. The predicted octanol–water partition coefficient (Wildman–Crippen LogP) is 3.71. The van der Waals surface area contributed by atoms with Gasteiger partial charge in [0.25, 0.3) is 11.8 Å². The summed E-state index contributed by atoms with van der Waals surface area (Å²) in [5, 5.41) is -0.0502. The molecule has 1 N–H and O–H groups in total. The lowest BCUT2D eigenvalue weighted by Gasteiger charge is -2.27. The van der Waals surface area contributed by atoms with Crippen molar-refractivity contribution in [2.24, 2.45) is 0 Å². The number of anilines is 2. The number of unbranched alkanes of at least 4 members (excludes halogenated alkanes) is 1. The summed E-state index contributed by atoms with van der Waals surface area (Å²) in [5.74, 6) is -1.02. The van der Waals surface area contributed by atoms with Gasteiger partial charge in [-0.1, -0.05) is 11.6 Å². The number of rotatable bonds is 11. The third kappa shape index (κ3) is 7.82. The van der Waals surface area contributed by atoms with Gasteiger partial charge >= 0.3 is 6.09 Å². The highest BCUT2D eigenvalue weighted by molar-refractivity contribution is 8.11. The molecule has 0 bridgehead atoms. The van der Waals surface area contributed by atoms with E-state index in [4.69, 9.17) is 21.1 Å². The molecule has 2 aliphatic heterocycles. The van der Waals surface area contributed by atoms with E-state index in [2.05, 4.69) is 4.72 Å². The summed E-state index contributed by atoms with van der Waals surface area (Å²) in [6.45, 7) is 2.98. The summed E-state index contributed by atoms with van der Waals surface area (Å²) in [5.41, 5.74) is 1.27. The summed E-state index contributed by atoms with van der Waals surface area (Å²) in [6.07, 6.45) is -0.0628. The number of imide groups is 1. The Labute approximate surface area is 244 Å². The van der Waals surface area contributed by atoms with Gasteiger partial charge in [0.15, 0.2) is 0 Å². The Morgan fingerprint density at radius 1 is 1.10 bits per heavy atom. The Bertz CT molecular complexity index is 1260. The van der Waals surface area contributed by atoms with Crippen molar-refractivity contribution in [3.63, 3.8) is 0 Å². The molecule has 1 atom stereocenters. The summed E-state index contributed by atoms with van der Waals surface area (Å²) in [7, 11) is 0. The van der Waals surface area contributed by atoms with E-state index in [1.165, 1.54) is 11.8 Å². The van der Waals surface area contributed by atoms with Gasteiger partial charge in [0, 0.05) is 37.8 Å². The number of benzene rings is 1. The number of thiophene rings is 1. The van der Waals surface area contributed by atoms with Gasteiger partial charge in [0.05, 0.1) is 28.9 Å². The molecule has 0 saturated carbocycles. The van der Waals surface area contributed by atoms with E-state index in [0.717, 1.165) is 28.2 Å². The summed E-state index contributed by atoms with van der Waals surface area (Å²) < 4.78 is 14.1. The van der Waals surface area contributed by atoms with Crippen molar-refractivity contribution >= 4 is 75.2 Å². The smallest absolute Gasteiger partial charge is 0.414 e. The van der Waals surface area contributed by atoms with Gasteiger partial charge in [-0.3, -0.25) is 33.7 Å². The molecule has 11 nitrogen and oxygen atoms in total. The quantitative estimate of drug-likeness (QED) is 0.300.